The van der Waals surface area contributed by atoms with Gasteiger partial charge in [0.15, 0.2) is 5.69 Å². The molecule has 2 heterocycles. The molecular weight excluding hydrogens is 494 g/mol. The van der Waals surface area contributed by atoms with Crippen LogP contribution >= 0.6 is 0 Å². The van der Waals surface area contributed by atoms with Gasteiger partial charge in [-0.15, -0.1) is 0 Å². The minimum Gasteiger partial charge on any atom is -0.358 e. The highest BCUT2D eigenvalue weighted by atomic mass is 32.2. The molecule has 0 atom stereocenters. The smallest absolute Gasteiger partial charge is 0.290 e. The zero-order chi connectivity index (χ0) is 26.2. The predicted molar refractivity (Wildman–Crippen MR) is 135 cm³/mol. The number of nitrogens with zero attached hydrogens (tertiary/aromatic N) is 2. The fraction of sp³-hybridized carbons (Fsp3) is 0.200. The van der Waals surface area contributed by atoms with Gasteiger partial charge >= 0.3 is 0 Å². The van der Waals surface area contributed by atoms with Crippen molar-refractivity contribution in [3.05, 3.63) is 76.2 Å². The number of amides is 2. The van der Waals surface area contributed by atoms with E-state index in [1.807, 2.05) is 6.92 Å². The van der Waals surface area contributed by atoms with Crippen molar-refractivity contribution >= 4 is 38.4 Å². The molecule has 0 fully saturated rings. The Bertz CT molecular complexity index is 1680. The van der Waals surface area contributed by atoms with Crippen molar-refractivity contribution in [1.82, 2.24) is 26.0 Å². The second-order valence-electron chi connectivity index (χ2n) is 8.77. The van der Waals surface area contributed by atoms with Crippen LogP contribution in [0.5, 0.6) is 0 Å². The molecule has 1 aliphatic rings. The van der Waals surface area contributed by atoms with Crippen LogP contribution in [0.1, 0.15) is 56.1 Å². The quantitative estimate of drug-likeness (QED) is 0.255. The van der Waals surface area contributed by atoms with Crippen molar-refractivity contribution in [3.63, 3.8) is 0 Å². The first-order valence-corrected chi connectivity index (χ1v) is 13.1. The van der Waals surface area contributed by atoms with Gasteiger partial charge in [0, 0.05) is 28.4 Å². The number of aromatic amines is 2. The summed E-state index contributed by atoms with van der Waals surface area (Å²) < 4.78 is 28.5. The molecule has 0 radical (unpaired) electrons. The number of hydrazine groups is 1. The number of hydrogen-bond acceptors (Lipinski definition) is 6. The van der Waals surface area contributed by atoms with Crippen LogP contribution in [0.25, 0.3) is 10.9 Å². The molecule has 37 heavy (non-hydrogen) atoms. The maximum absolute atomic E-state index is 13.0. The van der Waals surface area contributed by atoms with E-state index in [0.29, 0.717) is 22.2 Å². The average molecular weight is 518 g/mol. The summed E-state index contributed by atoms with van der Waals surface area (Å²) >= 11 is 0. The molecule has 0 aliphatic heterocycles. The highest BCUT2D eigenvalue weighted by Gasteiger charge is 2.22. The Morgan fingerprint density at radius 2 is 1.76 bits per heavy atom. The predicted octanol–water partition coefficient (Wildman–Crippen LogP) is 2.83. The number of aryl methyl sites for hydroxylation is 2. The average Bonchev–Trinajstić information content (AvgIpc) is 3.54. The van der Waals surface area contributed by atoms with Crippen LogP contribution in [0.15, 0.2) is 47.5 Å². The van der Waals surface area contributed by atoms with E-state index in [0.717, 1.165) is 42.5 Å². The summed E-state index contributed by atoms with van der Waals surface area (Å²) in [5.41, 5.74) is 8.99. The number of aromatic nitrogens is 3. The third-order valence-corrected chi connectivity index (χ3v) is 7.78. The van der Waals surface area contributed by atoms with Crippen molar-refractivity contribution in [2.24, 2.45) is 0 Å². The molecule has 2 aromatic carbocycles. The molecule has 5 rings (SSSR count). The third-order valence-electron chi connectivity index (χ3n) is 6.40. The van der Waals surface area contributed by atoms with Crippen LogP contribution in [0.4, 0.5) is 5.69 Å². The number of H-pyrrole nitrogens is 2. The first kappa shape index (κ1) is 24.1. The van der Waals surface area contributed by atoms with Crippen LogP contribution in [-0.2, 0) is 22.9 Å². The van der Waals surface area contributed by atoms with E-state index < -0.39 is 21.8 Å². The van der Waals surface area contributed by atoms with E-state index in [-0.39, 0.29) is 16.2 Å². The normalized spacial score (nSPS) is 13.0. The summed E-state index contributed by atoms with van der Waals surface area (Å²) in [4.78, 5) is 27.9. The lowest BCUT2D eigenvalue weighted by Gasteiger charge is -2.12. The summed E-state index contributed by atoms with van der Waals surface area (Å²) in [5, 5.41) is 16.9. The number of carbonyl (C=O) groups is 2. The zero-order valence-electron chi connectivity index (χ0n) is 19.8. The van der Waals surface area contributed by atoms with Crippen molar-refractivity contribution in [3.8, 4) is 6.07 Å². The van der Waals surface area contributed by atoms with Crippen LogP contribution in [0.3, 0.4) is 0 Å². The number of carbonyl (C=O) groups excluding carboxylic acids is 2. The Kier molecular flexibility index (Phi) is 6.14. The minimum atomic E-state index is -3.99. The summed E-state index contributed by atoms with van der Waals surface area (Å²) in [6.07, 6.45) is 5.14. The molecule has 12 heteroatoms. The molecule has 2 amide bonds. The van der Waals surface area contributed by atoms with Gasteiger partial charge in [-0.2, -0.15) is 10.4 Å². The van der Waals surface area contributed by atoms with Crippen LogP contribution in [0, 0.1) is 18.3 Å². The maximum Gasteiger partial charge on any atom is 0.290 e. The fourth-order valence-electron chi connectivity index (χ4n) is 4.50. The summed E-state index contributed by atoms with van der Waals surface area (Å²) in [5.74, 6) is -1.13. The topological polar surface area (TPSA) is 173 Å². The third kappa shape index (κ3) is 4.52. The number of nitriles is 1. The minimum absolute atomic E-state index is 0.0583. The molecule has 0 spiro atoms. The van der Waals surface area contributed by atoms with Crippen molar-refractivity contribution in [2.75, 3.05) is 4.72 Å². The van der Waals surface area contributed by atoms with Gasteiger partial charge in [-0.05, 0) is 68.5 Å². The number of nitrogens with one attached hydrogen (secondary N) is 5. The first-order valence-electron chi connectivity index (χ1n) is 11.6. The van der Waals surface area contributed by atoms with E-state index in [4.69, 9.17) is 0 Å². The zero-order valence-corrected chi connectivity index (χ0v) is 20.6. The standard InChI is InChI=1S/C25H23N7O4S/c1-14-6-11-20(23-21(14)16(12-26)13-27-23)32-37(35,36)17-9-7-15(8-10-17)24(33)30-31-25(34)22-18-4-2-3-5-19(18)28-29-22/h6-11,13,27,32H,2-5H2,1H3,(H,28,29)(H,30,33)(H,31,34). The van der Waals surface area contributed by atoms with E-state index >= 15 is 0 Å². The van der Waals surface area contributed by atoms with Gasteiger partial charge in [-0.3, -0.25) is 30.3 Å². The largest absolute Gasteiger partial charge is 0.358 e. The fourth-order valence-corrected chi connectivity index (χ4v) is 5.57. The molecule has 1 aliphatic carbocycles. The lowest BCUT2D eigenvalue weighted by atomic mass is 9.96. The number of anilines is 1. The Morgan fingerprint density at radius 3 is 2.51 bits per heavy atom. The van der Waals surface area contributed by atoms with Gasteiger partial charge in [0.2, 0.25) is 0 Å². The number of fused-ring (bicyclic) bond motifs is 2. The van der Waals surface area contributed by atoms with Crippen LogP contribution < -0.4 is 15.6 Å². The van der Waals surface area contributed by atoms with E-state index in [9.17, 15) is 23.3 Å². The second kappa shape index (κ2) is 9.44. The SMILES string of the molecule is Cc1ccc(NS(=O)(=O)c2ccc(C(=O)NNC(=O)c3n[nH]c4c3CCCC4)cc2)c2[nH]cc(C#N)c12. The molecule has 11 nitrogen and oxygen atoms in total. The lowest BCUT2D eigenvalue weighted by Crippen LogP contribution is -2.42. The highest BCUT2D eigenvalue weighted by molar-refractivity contribution is 7.92. The van der Waals surface area contributed by atoms with Gasteiger partial charge in [0.05, 0.1) is 21.7 Å². The summed E-state index contributed by atoms with van der Waals surface area (Å²) in [6, 6.07) is 10.7. The Hall–Kier alpha value is -4.63. The van der Waals surface area contributed by atoms with Gasteiger partial charge < -0.3 is 4.98 Å². The number of sulfonamides is 1. The van der Waals surface area contributed by atoms with E-state index in [1.54, 1.807) is 12.1 Å². The van der Waals surface area contributed by atoms with Crippen LogP contribution in [0.2, 0.25) is 0 Å². The molecule has 0 bridgehead atoms. The number of rotatable bonds is 5. The second-order valence-corrected chi connectivity index (χ2v) is 10.5. The van der Waals surface area contributed by atoms with Crippen molar-refractivity contribution in [2.45, 2.75) is 37.5 Å². The molecule has 2 aromatic heterocycles. The molecule has 0 saturated heterocycles. The maximum atomic E-state index is 13.0. The lowest BCUT2D eigenvalue weighted by molar-refractivity contribution is 0.0843. The number of hydrogen-bond donors (Lipinski definition) is 5. The molecule has 4 aromatic rings. The molecular formula is C25H23N7O4S. The molecule has 5 N–H and O–H groups in total. The molecule has 188 valence electrons. The van der Waals surface area contributed by atoms with Gasteiger partial charge in [-0.1, -0.05) is 6.07 Å². The first-order chi connectivity index (χ1) is 17.8. The summed E-state index contributed by atoms with van der Waals surface area (Å²) in [6.45, 7) is 1.84. The van der Waals surface area contributed by atoms with Crippen molar-refractivity contribution < 1.29 is 18.0 Å². The number of benzene rings is 2. The van der Waals surface area contributed by atoms with E-state index in [1.165, 1.54) is 30.5 Å². The Balaban J connectivity index is 1.27. The van der Waals surface area contributed by atoms with E-state index in [2.05, 4.69) is 36.8 Å². The molecule has 0 unspecified atom stereocenters. The van der Waals surface area contributed by atoms with Crippen molar-refractivity contribution in [1.29, 1.82) is 5.26 Å². The Labute approximate surface area is 212 Å². The van der Waals surface area contributed by atoms with Gasteiger partial charge in [0.1, 0.15) is 6.07 Å². The van der Waals surface area contributed by atoms with Gasteiger partial charge in [-0.25, -0.2) is 8.42 Å². The van der Waals surface area contributed by atoms with Gasteiger partial charge in [0.25, 0.3) is 21.8 Å². The summed E-state index contributed by atoms with van der Waals surface area (Å²) in [7, 11) is -3.99. The molecule has 0 saturated carbocycles. The van der Waals surface area contributed by atoms with Crippen LogP contribution in [-0.4, -0.2) is 35.4 Å². The monoisotopic (exact) mass is 517 g/mol. The highest BCUT2D eigenvalue weighted by Crippen LogP contribution is 2.30. The Morgan fingerprint density at radius 1 is 1.03 bits per heavy atom.